The molecule has 1 aromatic carbocycles. The van der Waals surface area contributed by atoms with Crippen LogP contribution in [0.2, 0.25) is 0 Å². The zero-order chi connectivity index (χ0) is 9.97. The fraction of sp³-hybridized carbons (Fsp3) is 0.222. The van der Waals surface area contributed by atoms with Crippen LogP contribution in [0, 0.1) is 0 Å². The van der Waals surface area contributed by atoms with Crippen LogP contribution in [0.4, 0.5) is 0 Å². The average Bonchev–Trinajstić information content (AvgIpc) is 2.54. The van der Waals surface area contributed by atoms with Gasteiger partial charge in [0.2, 0.25) is 0 Å². The van der Waals surface area contributed by atoms with Crippen LogP contribution in [0.25, 0.3) is 11.1 Å². The van der Waals surface area contributed by atoms with E-state index in [1.54, 1.807) is 13.2 Å². The van der Waals surface area contributed by atoms with Crippen molar-refractivity contribution in [3.05, 3.63) is 34.3 Å². The van der Waals surface area contributed by atoms with Crippen LogP contribution < -0.4 is 11.2 Å². The molecule has 0 saturated heterocycles. The molecule has 0 aliphatic heterocycles. The van der Waals surface area contributed by atoms with E-state index in [1.807, 2.05) is 12.1 Å². The molecule has 0 saturated carbocycles. The predicted molar refractivity (Wildman–Crippen MR) is 50.7 cm³/mol. The second-order valence-electron chi connectivity index (χ2n) is 2.87. The number of aromatic amines is 1. The first-order valence-corrected chi connectivity index (χ1v) is 4.17. The third-order valence-corrected chi connectivity index (χ3v) is 1.90. The molecular formula is C9H10N2O3. The van der Waals surface area contributed by atoms with Crippen LogP contribution in [-0.2, 0) is 11.4 Å². The first kappa shape index (κ1) is 8.98. The second kappa shape index (κ2) is 3.65. The molecule has 0 fully saturated rings. The Hall–Kier alpha value is -1.59. The molecule has 2 aromatic rings. The molecule has 0 amide bonds. The molecule has 2 rings (SSSR count). The van der Waals surface area contributed by atoms with Crippen molar-refractivity contribution in [3.8, 4) is 0 Å². The van der Waals surface area contributed by atoms with Gasteiger partial charge in [0.1, 0.15) is 0 Å². The van der Waals surface area contributed by atoms with E-state index in [0.29, 0.717) is 17.6 Å². The van der Waals surface area contributed by atoms with E-state index in [9.17, 15) is 4.79 Å². The molecule has 0 aliphatic rings. The number of rotatable bonds is 3. The summed E-state index contributed by atoms with van der Waals surface area (Å²) in [6.45, 7) is 0.583. The van der Waals surface area contributed by atoms with Gasteiger partial charge in [-0.1, -0.05) is 6.07 Å². The number of hydrogen-bond donors (Lipinski definition) is 2. The second-order valence-corrected chi connectivity index (χ2v) is 2.87. The summed E-state index contributed by atoms with van der Waals surface area (Å²) < 4.78 is 4.86. The number of oxazole rings is 1. The van der Waals surface area contributed by atoms with Crippen LogP contribution in [0.15, 0.2) is 27.4 Å². The minimum absolute atomic E-state index is 0.433. The van der Waals surface area contributed by atoms with Crippen LogP contribution in [0.1, 0.15) is 5.56 Å². The van der Waals surface area contributed by atoms with Crippen molar-refractivity contribution < 1.29 is 9.25 Å². The Labute approximate surface area is 79.6 Å². The predicted octanol–water partition coefficient (Wildman–Crippen LogP) is 0.772. The van der Waals surface area contributed by atoms with Crippen molar-refractivity contribution >= 4 is 11.1 Å². The standard InChI is InChI=1S/C9H10N2O3/c1-13-10-5-6-2-3-8-7(4-6)11-9(12)14-8/h2-4,10H,5H2,1H3,(H,11,12). The zero-order valence-electron chi connectivity index (χ0n) is 7.66. The van der Waals surface area contributed by atoms with E-state index in [4.69, 9.17) is 9.25 Å². The van der Waals surface area contributed by atoms with Crippen molar-refractivity contribution in [1.29, 1.82) is 0 Å². The topological polar surface area (TPSA) is 67.3 Å². The zero-order valence-corrected chi connectivity index (χ0v) is 7.66. The lowest BCUT2D eigenvalue weighted by Crippen LogP contribution is -2.10. The highest BCUT2D eigenvalue weighted by Gasteiger charge is 2.01. The molecule has 0 radical (unpaired) electrons. The maximum Gasteiger partial charge on any atom is 0.417 e. The Morgan fingerprint density at radius 2 is 2.43 bits per heavy atom. The minimum Gasteiger partial charge on any atom is -0.408 e. The van der Waals surface area contributed by atoms with Crippen LogP contribution in [0.3, 0.4) is 0 Å². The fourth-order valence-electron chi connectivity index (χ4n) is 1.26. The molecule has 0 unspecified atom stereocenters. The maximum absolute atomic E-state index is 10.9. The quantitative estimate of drug-likeness (QED) is 0.708. The Balaban J connectivity index is 2.35. The summed E-state index contributed by atoms with van der Waals surface area (Å²) in [5.41, 5.74) is 4.99. The number of H-pyrrole nitrogens is 1. The molecule has 0 atom stereocenters. The lowest BCUT2D eigenvalue weighted by atomic mass is 10.2. The molecule has 5 heteroatoms. The molecular weight excluding hydrogens is 184 g/mol. The number of fused-ring (bicyclic) bond motifs is 1. The summed E-state index contributed by atoms with van der Waals surface area (Å²) in [6, 6.07) is 5.46. The molecule has 0 spiro atoms. The molecule has 5 nitrogen and oxygen atoms in total. The van der Waals surface area contributed by atoms with Gasteiger partial charge in [-0.25, -0.2) is 4.79 Å². The summed E-state index contributed by atoms with van der Waals surface area (Å²) >= 11 is 0. The van der Waals surface area contributed by atoms with Gasteiger partial charge in [-0.3, -0.25) is 4.98 Å². The highest BCUT2D eigenvalue weighted by Crippen LogP contribution is 2.11. The minimum atomic E-state index is -0.433. The SMILES string of the molecule is CONCc1ccc2oc(=O)[nH]c2c1. The van der Waals surface area contributed by atoms with E-state index in [-0.39, 0.29) is 0 Å². The molecule has 2 N–H and O–H groups in total. The number of nitrogens with one attached hydrogen (secondary N) is 2. The highest BCUT2D eigenvalue weighted by atomic mass is 16.6. The van der Waals surface area contributed by atoms with Gasteiger partial charge in [0.15, 0.2) is 5.58 Å². The van der Waals surface area contributed by atoms with Crippen LogP contribution in [-0.4, -0.2) is 12.1 Å². The molecule has 1 aromatic heterocycles. The summed E-state index contributed by atoms with van der Waals surface area (Å²) in [5, 5.41) is 0. The summed E-state index contributed by atoms with van der Waals surface area (Å²) in [7, 11) is 1.55. The Kier molecular flexibility index (Phi) is 2.34. The van der Waals surface area contributed by atoms with Gasteiger partial charge >= 0.3 is 5.76 Å². The van der Waals surface area contributed by atoms with Gasteiger partial charge in [0.05, 0.1) is 12.6 Å². The first-order valence-electron chi connectivity index (χ1n) is 4.17. The van der Waals surface area contributed by atoms with Gasteiger partial charge in [-0.05, 0) is 17.7 Å². The molecule has 14 heavy (non-hydrogen) atoms. The smallest absolute Gasteiger partial charge is 0.408 e. The molecule has 74 valence electrons. The van der Waals surface area contributed by atoms with Crippen molar-refractivity contribution in [1.82, 2.24) is 10.5 Å². The highest BCUT2D eigenvalue weighted by molar-refractivity contribution is 5.72. The third kappa shape index (κ3) is 1.68. The normalized spacial score (nSPS) is 10.9. The maximum atomic E-state index is 10.9. The van der Waals surface area contributed by atoms with Crippen LogP contribution in [0.5, 0.6) is 0 Å². The largest absolute Gasteiger partial charge is 0.417 e. The Morgan fingerprint density at radius 3 is 3.21 bits per heavy atom. The Bertz CT molecular complexity index is 486. The summed E-state index contributed by atoms with van der Waals surface area (Å²) in [5.74, 6) is -0.433. The molecule has 0 aliphatic carbocycles. The van der Waals surface area contributed by atoms with Crippen molar-refractivity contribution in [2.24, 2.45) is 0 Å². The van der Waals surface area contributed by atoms with Crippen molar-refractivity contribution in [3.63, 3.8) is 0 Å². The van der Waals surface area contributed by atoms with Crippen molar-refractivity contribution in [2.45, 2.75) is 6.54 Å². The lowest BCUT2D eigenvalue weighted by Gasteiger charge is -2.00. The van der Waals surface area contributed by atoms with Crippen LogP contribution >= 0.6 is 0 Å². The number of hydrogen-bond acceptors (Lipinski definition) is 4. The van der Waals surface area contributed by atoms with Crippen molar-refractivity contribution in [2.75, 3.05) is 7.11 Å². The molecule has 0 bridgehead atoms. The average molecular weight is 194 g/mol. The van der Waals surface area contributed by atoms with E-state index < -0.39 is 5.76 Å². The van der Waals surface area contributed by atoms with Gasteiger partial charge in [-0.15, -0.1) is 0 Å². The Morgan fingerprint density at radius 1 is 1.57 bits per heavy atom. The summed E-state index contributed by atoms with van der Waals surface area (Å²) in [4.78, 5) is 18.2. The van der Waals surface area contributed by atoms with Gasteiger partial charge in [0.25, 0.3) is 0 Å². The van der Waals surface area contributed by atoms with Gasteiger partial charge in [0, 0.05) is 6.54 Å². The monoisotopic (exact) mass is 194 g/mol. The van der Waals surface area contributed by atoms with E-state index in [1.165, 1.54) is 0 Å². The number of benzene rings is 1. The van der Waals surface area contributed by atoms with E-state index in [2.05, 4.69) is 10.5 Å². The van der Waals surface area contributed by atoms with Gasteiger partial charge < -0.3 is 9.25 Å². The first-order chi connectivity index (χ1) is 6.79. The van der Waals surface area contributed by atoms with E-state index >= 15 is 0 Å². The number of aromatic nitrogens is 1. The molecule has 1 heterocycles. The summed E-state index contributed by atoms with van der Waals surface area (Å²) in [6.07, 6.45) is 0. The lowest BCUT2D eigenvalue weighted by molar-refractivity contribution is 0.0867. The van der Waals surface area contributed by atoms with Gasteiger partial charge in [-0.2, -0.15) is 5.48 Å². The van der Waals surface area contributed by atoms with E-state index in [0.717, 1.165) is 5.56 Å². The number of hydroxylamine groups is 1. The fourth-order valence-corrected chi connectivity index (χ4v) is 1.26. The third-order valence-electron chi connectivity index (χ3n) is 1.90.